The first-order valence-corrected chi connectivity index (χ1v) is 34.7. The molecule has 0 fully saturated rings. The molecule has 6 aromatic carbocycles. The molecule has 0 bridgehead atoms. The molecule has 0 atom stereocenters. The molecule has 84 heavy (non-hydrogen) atoms. The fourth-order valence-corrected chi connectivity index (χ4v) is 14.8. The summed E-state index contributed by atoms with van der Waals surface area (Å²) >= 11 is 0. The van der Waals surface area contributed by atoms with Gasteiger partial charge < -0.3 is 9.15 Å². The second-order valence-corrected chi connectivity index (χ2v) is 25.7. The van der Waals surface area contributed by atoms with Crippen LogP contribution >= 0.6 is 0 Å². The molecule has 448 valence electrons. The molecule has 0 spiro atoms. The molecule has 0 radical (unpaired) electrons. The Hall–Kier alpha value is -5.74. The maximum absolute atomic E-state index is 6.91. The van der Waals surface area contributed by atoms with E-state index in [2.05, 4.69) is 162 Å². The molecular weight excluding hydrogens is 1020 g/mol. The zero-order valence-corrected chi connectivity index (χ0v) is 53.1. The van der Waals surface area contributed by atoms with Crippen LogP contribution in [0.15, 0.2) is 132 Å². The van der Waals surface area contributed by atoms with Gasteiger partial charge in [0.15, 0.2) is 0 Å². The first kappa shape index (κ1) is 62.8. The van der Waals surface area contributed by atoms with Crippen molar-refractivity contribution in [2.24, 2.45) is 0 Å². The third kappa shape index (κ3) is 15.4. The Balaban J connectivity index is 1.11. The summed E-state index contributed by atoms with van der Waals surface area (Å²) in [6.07, 6.45) is 43.6. The van der Waals surface area contributed by atoms with Gasteiger partial charge in [-0.1, -0.05) is 306 Å². The maximum Gasteiger partial charge on any atom is 0.248 e. The SMILES string of the molecule is CCCCCCCCOc1ccc(-c2nnc(-c3cc(-c4ccc5c(c4)C(CCCCCCCC)(CCCCCCCC)c4ccccc4-5)ccc3-c3ccc4c(c3)C(CCCCCCCC)(CCCCCCCC)c3ccccc3-4)o2)cc1. The van der Waals surface area contributed by atoms with Crippen molar-refractivity contribution in [3.8, 4) is 73.2 Å². The van der Waals surface area contributed by atoms with E-state index >= 15 is 0 Å². The number of nitrogens with zero attached hydrogens (tertiary/aromatic N) is 2. The monoisotopic (exact) mass is 1130 g/mol. The van der Waals surface area contributed by atoms with E-state index in [1.54, 1.807) is 5.56 Å². The number of aromatic nitrogens is 2. The van der Waals surface area contributed by atoms with Crippen molar-refractivity contribution >= 4 is 0 Å². The van der Waals surface area contributed by atoms with E-state index in [0.717, 1.165) is 35.5 Å². The number of ether oxygens (including phenoxy) is 1. The molecule has 0 amide bonds. The Morgan fingerprint density at radius 1 is 0.298 bits per heavy atom. The lowest BCUT2D eigenvalue weighted by Crippen LogP contribution is -2.25. The van der Waals surface area contributed by atoms with Crippen molar-refractivity contribution in [2.75, 3.05) is 6.61 Å². The molecule has 0 unspecified atom stereocenters. The third-order valence-electron chi connectivity index (χ3n) is 19.6. The van der Waals surface area contributed by atoms with E-state index in [4.69, 9.17) is 19.4 Å². The van der Waals surface area contributed by atoms with Crippen LogP contribution in [-0.4, -0.2) is 16.8 Å². The van der Waals surface area contributed by atoms with Crippen LogP contribution in [0.5, 0.6) is 5.75 Å². The van der Waals surface area contributed by atoms with Crippen LogP contribution < -0.4 is 4.74 Å². The second kappa shape index (κ2) is 32.7. The van der Waals surface area contributed by atoms with Crippen LogP contribution in [0.4, 0.5) is 0 Å². The van der Waals surface area contributed by atoms with E-state index < -0.39 is 0 Å². The smallest absolute Gasteiger partial charge is 0.248 e. The summed E-state index contributed by atoms with van der Waals surface area (Å²) in [6.45, 7) is 12.3. The number of benzene rings is 6. The maximum atomic E-state index is 6.91. The van der Waals surface area contributed by atoms with Crippen molar-refractivity contribution in [2.45, 2.75) is 264 Å². The lowest BCUT2D eigenvalue weighted by molar-refractivity contribution is 0.304. The Kier molecular flexibility index (Phi) is 24.4. The molecule has 2 aliphatic carbocycles. The van der Waals surface area contributed by atoms with Gasteiger partial charge in [0, 0.05) is 22.0 Å². The van der Waals surface area contributed by atoms with Crippen LogP contribution in [0.25, 0.3) is 67.4 Å². The van der Waals surface area contributed by atoms with Gasteiger partial charge in [-0.25, -0.2) is 0 Å². The topological polar surface area (TPSA) is 48.2 Å². The fraction of sp³-hybridized carbons (Fsp3) is 0.525. The number of rotatable bonds is 40. The molecule has 0 aliphatic heterocycles. The van der Waals surface area contributed by atoms with Gasteiger partial charge in [-0.05, 0) is 141 Å². The molecule has 0 saturated heterocycles. The summed E-state index contributed by atoms with van der Waals surface area (Å²) in [5, 5.41) is 9.76. The Labute approximate surface area is 509 Å². The van der Waals surface area contributed by atoms with Gasteiger partial charge in [0.2, 0.25) is 11.8 Å². The molecule has 4 heteroatoms. The summed E-state index contributed by atoms with van der Waals surface area (Å²) < 4.78 is 13.1. The fourth-order valence-electron chi connectivity index (χ4n) is 14.8. The summed E-state index contributed by atoms with van der Waals surface area (Å²) in [7, 11) is 0. The molecule has 4 nitrogen and oxygen atoms in total. The van der Waals surface area contributed by atoms with Crippen molar-refractivity contribution in [1.82, 2.24) is 10.2 Å². The molecule has 9 rings (SSSR count). The molecule has 0 saturated carbocycles. The van der Waals surface area contributed by atoms with Gasteiger partial charge >= 0.3 is 0 Å². The average Bonchev–Trinajstić information content (AvgIpc) is 2.07. The van der Waals surface area contributed by atoms with Crippen LogP contribution in [0.2, 0.25) is 0 Å². The first-order valence-electron chi connectivity index (χ1n) is 34.7. The van der Waals surface area contributed by atoms with E-state index in [0.29, 0.717) is 11.8 Å². The van der Waals surface area contributed by atoms with Crippen LogP contribution in [-0.2, 0) is 10.8 Å². The van der Waals surface area contributed by atoms with Gasteiger partial charge in [-0.2, -0.15) is 0 Å². The summed E-state index contributed by atoms with van der Waals surface area (Å²) in [5.41, 5.74) is 18.4. The van der Waals surface area contributed by atoms with Crippen molar-refractivity contribution in [1.29, 1.82) is 0 Å². The number of hydrogen-bond donors (Lipinski definition) is 0. The van der Waals surface area contributed by atoms with E-state index in [-0.39, 0.29) is 10.8 Å². The summed E-state index contributed by atoms with van der Waals surface area (Å²) in [6, 6.07) is 49.1. The number of unbranched alkanes of at least 4 members (excludes halogenated alkanes) is 25. The Morgan fingerprint density at radius 2 is 0.655 bits per heavy atom. The van der Waals surface area contributed by atoms with Crippen LogP contribution in [0, 0.1) is 0 Å². The van der Waals surface area contributed by atoms with Gasteiger partial charge in [0.25, 0.3) is 0 Å². The minimum Gasteiger partial charge on any atom is -0.494 e. The Bertz CT molecular complexity index is 3040. The second-order valence-electron chi connectivity index (χ2n) is 25.7. The minimum absolute atomic E-state index is 0.00402. The third-order valence-corrected chi connectivity index (χ3v) is 19.6. The van der Waals surface area contributed by atoms with Crippen molar-refractivity contribution in [3.05, 3.63) is 150 Å². The molecule has 1 heterocycles. The summed E-state index contributed by atoms with van der Waals surface area (Å²) in [4.78, 5) is 0. The first-order chi connectivity index (χ1) is 41.5. The van der Waals surface area contributed by atoms with E-state index in [1.807, 2.05) is 0 Å². The van der Waals surface area contributed by atoms with Crippen molar-refractivity contribution in [3.63, 3.8) is 0 Å². The molecule has 7 aromatic rings. The van der Waals surface area contributed by atoms with Gasteiger partial charge in [-0.3, -0.25) is 0 Å². The standard InChI is InChI=1S/C80H106N2O2/c1-6-11-16-21-26-35-54-79(55-36-27-22-17-12-7-2)73-42-33-31-40-68(73)70-52-47-64(60-75(70)79)63-46-51-67(72(59-63)78-82-81-77(84-78)62-44-49-66(50-45-62)83-58-39-30-25-20-15-10-5)65-48-53-71-69-41-32-34-43-74(69)80(76(71)61-65,56-37-28-23-18-13-8-3)57-38-29-24-19-14-9-4/h31-34,40-53,59-61H,6-30,35-39,54-58H2,1-5H3. The van der Waals surface area contributed by atoms with Crippen LogP contribution in [0.1, 0.15) is 275 Å². The zero-order chi connectivity index (χ0) is 58.2. The van der Waals surface area contributed by atoms with E-state index in [9.17, 15) is 0 Å². The van der Waals surface area contributed by atoms with Crippen LogP contribution in [0.3, 0.4) is 0 Å². The average molecular weight is 1130 g/mol. The molecule has 1 aromatic heterocycles. The highest BCUT2D eigenvalue weighted by Gasteiger charge is 2.44. The van der Waals surface area contributed by atoms with Gasteiger partial charge in [-0.15, -0.1) is 10.2 Å². The summed E-state index contributed by atoms with van der Waals surface area (Å²) in [5.74, 6) is 1.95. The van der Waals surface area contributed by atoms with E-state index in [1.165, 1.54) is 268 Å². The highest BCUT2D eigenvalue weighted by atomic mass is 16.5. The lowest BCUT2D eigenvalue weighted by Gasteiger charge is -2.33. The quantitative estimate of drug-likeness (QED) is 0.0359. The highest BCUT2D eigenvalue weighted by Crippen LogP contribution is 2.57. The van der Waals surface area contributed by atoms with Gasteiger partial charge in [0.05, 0.1) is 6.61 Å². The zero-order valence-electron chi connectivity index (χ0n) is 53.1. The van der Waals surface area contributed by atoms with Gasteiger partial charge in [0.1, 0.15) is 5.75 Å². The number of hydrogen-bond acceptors (Lipinski definition) is 4. The molecular formula is C80H106N2O2. The predicted molar refractivity (Wildman–Crippen MR) is 359 cm³/mol. The lowest BCUT2D eigenvalue weighted by atomic mass is 9.70. The Morgan fingerprint density at radius 3 is 1.13 bits per heavy atom. The molecule has 2 aliphatic rings. The molecule has 0 N–H and O–H groups in total. The number of fused-ring (bicyclic) bond motifs is 6. The largest absolute Gasteiger partial charge is 0.494 e. The minimum atomic E-state index is -0.0285. The predicted octanol–water partition coefficient (Wildman–Crippen LogP) is 25.0. The normalized spacial score (nSPS) is 13.5. The highest BCUT2D eigenvalue weighted by molar-refractivity contribution is 5.90. The van der Waals surface area contributed by atoms with Crippen molar-refractivity contribution < 1.29 is 9.15 Å².